The van der Waals surface area contributed by atoms with Gasteiger partial charge in [0.05, 0.1) is 5.54 Å². The Kier molecular flexibility index (Phi) is 4.55. The van der Waals surface area contributed by atoms with Crippen molar-refractivity contribution in [3.8, 4) is 0 Å². The van der Waals surface area contributed by atoms with Gasteiger partial charge in [-0.3, -0.25) is 4.68 Å². The van der Waals surface area contributed by atoms with E-state index in [1.807, 2.05) is 29.1 Å². The van der Waals surface area contributed by atoms with Crippen molar-refractivity contribution in [3.05, 3.63) is 43.0 Å². The average Bonchev–Trinajstić information content (AvgIpc) is 2.92. The van der Waals surface area contributed by atoms with Crippen LogP contribution in [0.1, 0.15) is 40.7 Å². The summed E-state index contributed by atoms with van der Waals surface area (Å²) in [5.41, 5.74) is 0.128. The van der Waals surface area contributed by atoms with Gasteiger partial charge in [0.15, 0.2) is 0 Å². The van der Waals surface area contributed by atoms with E-state index in [4.69, 9.17) is 0 Å². The van der Waals surface area contributed by atoms with Gasteiger partial charge in [0.2, 0.25) is 0 Å². The Morgan fingerprint density at radius 3 is 1.76 bits per heavy atom. The zero-order chi connectivity index (χ0) is 12.9. The maximum atomic E-state index is 4.10. The SMILES string of the molecule is CC(C)(C)n1cccn1.CC(C)n1cccc1. The van der Waals surface area contributed by atoms with Crippen molar-refractivity contribution >= 4 is 0 Å². The fourth-order valence-electron chi connectivity index (χ4n) is 1.36. The van der Waals surface area contributed by atoms with Crippen LogP contribution in [0.2, 0.25) is 0 Å². The van der Waals surface area contributed by atoms with Gasteiger partial charge in [-0.25, -0.2) is 0 Å². The molecule has 0 unspecified atom stereocenters. The van der Waals surface area contributed by atoms with Crippen LogP contribution in [0.3, 0.4) is 0 Å². The minimum absolute atomic E-state index is 0.128. The van der Waals surface area contributed by atoms with Crippen LogP contribution in [0.4, 0.5) is 0 Å². The van der Waals surface area contributed by atoms with E-state index in [9.17, 15) is 0 Å². The predicted molar refractivity (Wildman–Crippen MR) is 72.0 cm³/mol. The van der Waals surface area contributed by atoms with Gasteiger partial charge in [0.1, 0.15) is 0 Å². The first-order valence-corrected chi connectivity index (χ1v) is 6.04. The van der Waals surface area contributed by atoms with Gasteiger partial charge in [-0.1, -0.05) is 0 Å². The van der Waals surface area contributed by atoms with Crippen molar-refractivity contribution in [1.29, 1.82) is 0 Å². The molecule has 2 heterocycles. The number of hydrogen-bond donors (Lipinski definition) is 0. The van der Waals surface area contributed by atoms with Gasteiger partial charge in [-0.15, -0.1) is 0 Å². The number of aromatic nitrogens is 3. The van der Waals surface area contributed by atoms with E-state index >= 15 is 0 Å². The van der Waals surface area contributed by atoms with E-state index in [1.165, 1.54) is 0 Å². The van der Waals surface area contributed by atoms with Crippen molar-refractivity contribution < 1.29 is 0 Å². The van der Waals surface area contributed by atoms with Gasteiger partial charge >= 0.3 is 0 Å². The van der Waals surface area contributed by atoms with Crippen LogP contribution in [0.5, 0.6) is 0 Å². The summed E-state index contributed by atoms with van der Waals surface area (Å²) in [5.74, 6) is 0. The van der Waals surface area contributed by atoms with E-state index in [2.05, 4.69) is 56.7 Å². The monoisotopic (exact) mass is 233 g/mol. The molecule has 3 nitrogen and oxygen atoms in total. The first-order chi connectivity index (χ1) is 7.91. The molecule has 0 aromatic carbocycles. The molecule has 0 N–H and O–H groups in total. The first kappa shape index (κ1) is 13.6. The minimum Gasteiger partial charge on any atom is -0.352 e. The molecular formula is C14H23N3. The smallest absolute Gasteiger partial charge is 0.0543 e. The van der Waals surface area contributed by atoms with E-state index in [1.54, 1.807) is 6.20 Å². The van der Waals surface area contributed by atoms with Crippen LogP contribution in [-0.2, 0) is 5.54 Å². The molecule has 0 bridgehead atoms. The van der Waals surface area contributed by atoms with Crippen molar-refractivity contribution in [2.75, 3.05) is 0 Å². The van der Waals surface area contributed by atoms with E-state index in [-0.39, 0.29) is 5.54 Å². The summed E-state index contributed by atoms with van der Waals surface area (Å²) in [7, 11) is 0. The molecular weight excluding hydrogens is 210 g/mol. The largest absolute Gasteiger partial charge is 0.352 e. The highest BCUT2D eigenvalue weighted by Crippen LogP contribution is 2.09. The lowest BCUT2D eigenvalue weighted by molar-refractivity contribution is 0.355. The summed E-state index contributed by atoms with van der Waals surface area (Å²) in [4.78, 5) is 0. The second kappa shape index (κ2) is 5.71. The molecule has 2 aromatic rings. The molecule has 0 radical (unpaired) electrons. The fraction of sp³-hybridized carbons (Fsp3) is 0.500. The molecule has 2 aromatic heterocycles. The van der Waals surface area contributed by atoms with Gasteiger partial charge in [-0.2, -0.15) is 5.10 Å². The second-order valence-electron chi connectivity index (χ2n) is 5.35. The molecule has 0 saturated carbocycles. The molecule has 0 spiro atoms. The second-order valence-corrected chi connectivity index (χ2v) is 5.35. The molecule has 0 aliphatic carbocycles. The molecule has 0 fully saturated rings. The van der Waals surface area contributed by atoms with Crippen LogP contribution < -0.4 is 0 Å². The molecule has 0 aliphatic heterocycles. The number of hydrogen-bond acceptors (Lipinski definition) is 1. The molecule has 94 valence electrons. The summed E-state index contributed by atoms with van der Waals surface area (Å²) in [6.07, 6.45) is 7.92. The normalized spacial score (nSPS) is 11.2. The van der Waals surface area contributed by atoms with Crippen LogP contribution >= 0.6 is 0 Å². The molecule has 3 heteroatoms. The molecule has 0 atom stereocenters. The lowest BCUT2D eigenvalue weighted by atomic mass is 10.1. The Morgan fingerprint density at radius 2 is 1.53 bits per heavy atom. The van der Waals surface area contributed by atoms with E-state index < -0.39 is 0 Å². The molecule has 0 aliphatic rings. The molecule has 0 saturated heterocycles. The summed E-state index contributed by atoms with van der Waals surface area (Å²) in [5, 5.41) is 4.10. The fourth-order valence-corrected chi connectivity index (χ4v) is 1.36. The topological polar surface area (TPSA) is 22.8 Å². The summed E-state index contributed by atoms with van der Waals surface area (Å²) < 4.78 is 4.10. The molecule has 2 rings (SSSR count). The Morgan fingerprint density at radius 1 is 0.941 bits per heavy atom. The maximum absolute atomic E-state index is 4.10. The Balaban J connectivity index is 0.000000171. The van der Waals surface area contributed by atoms with Gasteiger partial charge in [0, 0.05) is 30.8 Å². The Bertz CT molecular complexity index is 391. The van der Waals surface area contributed by atoms with Crippen molar-refractivity contribution in [2.45, 2.75) is 46.2 Å². The molecule has 17 heavy (non-hydrogen) atoms. The van der Waals surface area contributed by atoms with Gasteiger partial charge in [0.25, 0.3) is 0 Å². The number of rotatable bonds is 1. The Hall–Kier alpha value is -1.51. The number of nitrogens with zero attached hydrogens (tertiary/aromatic N) is 3. The minimum atomic E-state index is 0.128. The summed E-state index contributed by atoms with van der Waals surface area (Å²) >= 11 is 0. The molecule has 0 amide bonds. The summed E-state index contributed by atoms with van der Waals surface area (Å²) in [6, 6.07) is 6.62. The van der Waals surface area contributed by atoms with Crippen LogP contribution in [-0.4, -0.2) is 14.3 Å². The lowest BCUT2D eigenvalue weighted by Crippen LogP contribution is -2.21. The van der Waals surface area contributed by atoms with Crippen LogP contribution in [0.15, 0.2) is 43.0 Å². The standard InChI is InChI=1S/C7H12N2.C7H11N/c1-7(2,3)9-6-4-5-8-9;1-7(2)8-5-3-4-6-8/h4-6H,1-3H3;3-7H,1-2H3. The van der Waals surface area contributed by atoms with E-state index in [0.29, 0.717) is 6.04 Å². The average molecular weight is 233 g/mol. The third kappa shape index (κ3) is 4.47. The van der Waals surface area contributed by atoms with Crippen molar-refractivity contribution in [1.82, 2.24) is 14.3 Å². The highest BCUT2D eigenvalue weighted by molar-refractivity contribution is 4.91. The maximum Gasteiger partial charge on any atom is 0.0543 e. The zero-order valence-corrected chi connectivity index (χ0v) is 11.5. The highest BCUT2D eigenvalue weighted by Gasteiger charge is 2.10. The first-order valence-electron chi connectivity index (χ1n) is 6.04. The van der Waals surface area contributed by atoms with Gasteiger partial charge in [-0.05, 0) is 52.8 Å². The van der Waals surface area contributed by atoms with Crippen LogP contribution in [0.25, 0.3) is 0 Å². The third-order valence-electron chi connectivity index (χ3n) is 2.42. The predicted octanol–water partition coefficient (Wildman–Crippen LogP) is 3.71. The third-order valence-corrected chi connectivity index (χ3v) is 2.42. The van der Waals surface area contributed by atoms with Crippen molar-refractivity contribution in [2.24, 2.45) is 0 Å². The highest BCUT2D eigenvalue weighted by atomic mass is 15.3. The quantitative estimate of drug-likeness (QED) is 0.736. The van der Waals surface area contributed by atoms with Crippen molar-refractivity contribution in [3.63, 3.8) is 0 Å². The van der Waals surface area contributed by atoms with Gasteiger partial charge < -0.3 is 4.57 Å². The van der Waals surface area contributed by atoms with Crippen LogP contribution in [0, 0.1) is 0 Å². The Labute approximate surface area is 104 Å². The zero-order valence-electron chi connectivity index (χ0n) is 11.5. The summed E-state index contributed by atoms with van der Waals surface area (Å²) in [6.45, 7) is 10.7. The van der Waals surface area contributed by atoms with E-state index in [0.717, 1.165) is 0 Å². The lowest BCUT2D eigenvalue weighted by Gasteiger charge is -2.18.